The van der Waals surface area contributed by atoms with Gasteiger partial charge in [0.2, 0.25) is 0 Å². The molecule has 0 spiro atoms. The average Bonchev–Trinajstić information content (AvgIpc) is 2.73. The predicted molar refractivity (Wildman–Crippen MR) is 83.7 cm³/mol. The molecule has 0 saturated heterocycles. The molecule has 0 fully saturated rings. The molecule has 0 aliphatic heterocycles. The Bertz CT molecular complexity index is 1020. The maximum atomic E-state index is 12.3. The lowest BCUT2D eigenvalue weighted by Crippen LogP contribution is -2.12. The van der Waals surface area contributed by atoms with Crippen LogP contribution in [0.5, 0.6) is 0 Å². The molecule has 114 valence electrons. The maximum Gasteiger partial charge on any atom is 0.419 e. The van der Waals surface area contributed by atoms with Gasteiger partial charge in [0.1, 0.15) is 0 Å². The van der Waals surface area contributed by atoms with Crippen LogP contribution in [-0.4, -0.2) is 13.0 Å². The van der Waals surface area contributed by atoms with Crippen molar-refractivity contribution in [1.29, 1.82) is 0 Å². The molecule has 0 aliphatic carbocycles. The molecule has 0 saturated carbocycles. The average molecular weight is 339 g/mol. The van der Waals surface area contributed by atoms with Crippen LogP contribution in [0.4, 0.5) is 5.69 Å². The molecule has 22 heavy (non-hydrogen) atoms. The quantitative estimate of drug-likeness (QED) is 0.795. The molecule has 1 N–H and O–H groups in total. The Morgan fingerprint density at radius 2 is 1.95 bits per heavy atom. The van der Waals surface area contributed by atoms with Crippen molar-refractivity contribution in [2.75, 3.05) is 4.72 Å². The standard InChI is InChI=1S/C14H11ClN2O4S/c1-17-12-6-5-10(8-13(12)21-14(17)18)16-22(19,20)11-4-2-3-9(15)7-11/h2-8,16H,1H3. The molecule has 0 aliphatic rings. The first-order chi connectivity index (χ1) is 10.4. The van der Waals surface area contributed by atoms with Crippen molar-refractivity contribution in [3.8, 4) is 0 Å². The predicted octanol–water partition coefficient (Wildman–Crippen LogP) is 2.59. The molecule has 8 heteroatoms. The lowest BCUT2D eigenvalue weighted by atomic mass is 10.3. The Labute approximate surface area is 131 Å². The Morgan fingerprint density at radius 3 is 2.68 bits per heavy atom. The van der Waals surface area contributed by atoms with Gasteiger partial charge < -0.3 is 4.42 Å². The van der Waals surface area contributed by atoms with E-state index >= 15 is 0 Å². The summed E-state index contributed by atoms with van der Waals surface area (Å²) in [7, 11) is -2.20. The maximum absolute atomic E-state index is 12.3. The van der Waals surface area contributed by atoms with E-state index in [2.05, 4.69) is 4.72 Å². The van der Waals surface area contributed by atoms with Crippen LogP contribution in [0.2, 0.25) is 5.02 Å². The monoisotopic (exact) mass is 338 g/mol. The smallest absolute Gasteiger partial charge is 0.408 e. The van der Waals surface area contributed by atoms with Crippen LogP contribution >= 0.6 is 11.6 Å². The van der Waals surface area contributed by atoms with Gasteiger partial charge in [0.15, 0.2) is 5.58 Å². The molecule has 0 unspecified atom stereocenters. The number of fused-ring (bicyclic) bond motifs is 1. The van der Waals surface area contributed by atoms with Crippen LogP contribution in [0.3, 0.4) is 0 Å². The number of aryl methyl sites for hydroxylation is 1. The zero-order chi connectivity index (χ0) is 15.9. The Balaban J connectivity index is 2.00. The second kappa shape index (κ2) is 5.19. The fraction of sp³-hybridized carbons (Fsp3) is 0.0714. The number of oxazole rings is 1. The van der Waals surface area contributed by atoms with Gasteiger partial charge in [0.05, 0.1) is 16.1 Å². The first kappa shape index (κ1) is 14.7. The van der Waals surface area contributed by atoms with E-state index in [4.69, 9.17) is 16.0 Å². The summed E-state index contributed by atoms with van der Waals surface area (Å²) in [4.78, 5) is 11.5. The van der Waals surface area contributed by atoms with Gasteiger partial charge in [0.25, 0.3) is 10.0 Å². The lowest BCUT2D eigenvalue weighted by molar-refractivity contribution is 0.528. The highest BCUT2D eigenvalue weighted by atomic mass is 35.5. The van der Waals surface area contributed by atoms with Gasteiger partial charge in [-0.2, -0.15) is 0 Å². The fourth-order valence-corrected chi connectivity index (χ4v) is 3.40. The van der Waals surface area contributed by atoms with Crippen molar-refractivity contribution >= 4 is 38.4 Å². The van der Waals surface area contributed by atoms with E-state index < -0.39 is 15.8 Å². The zero-order valence-corrected chi connectivity index (χ0v) is 13.0. The second-order valence-corrected chi connectivity index (χ2v) is 6.79. The third-order valence-corrected chi connectivity index (χ3v) is 4.76. The van der Waals surface area contributed by atoms with E-state index in [1.54, 1.807) is 31.3 Å². The number of halogens is 1. The van der Waals surface area contributed by atoms with Gasteiger partial charge in [0, 0.05) is 18.1 Å². The number of anilines is 1. The summed E-state index contributed by atoms with van der Waals surface area (Å²) < 4.78 is 33.4. The van der Waals surface area contributed by atoms with Crippen molar-refractivity contribution in [3.63, 3.8) is 0 Å². The largest absolute Gasteiger partial charge is 0.419 e. The number of sulfonamides is 1. The summed E-state index contributed by atoms with van der Waals surface area (Å²) in [5.41, 5.74) is 1.18. The van der Waals surface area contributed by atoms with Gasteiger partial charge >= 0.3 is 5.76 Å². The van der Waals surface area contributed by atoms with E-state index in [0.717, 1.165) is 0 Å². The normalized spacial score (nSPS) is 11.7. The van der Waals surface area contributed by atoms with E-state index in [-0.39, 0.29) is 4.90 Å². The highest BCUT2D eigenvalue weighted by molar-refractivity contribution is 7.92. The summed E-state index contributed by atoms with van der Waals surface area (Å²) in [6.07, 6.45) is 0. The fourth-order valence-electron chi connectivity index (χ4n) is 2.05. The van der Waals surface area contributed by atoms with E-state index in [1.807, 2.05) is 0 Å². The Kier molecular flexibility index (Phi) is 3.46. The van der Waals surface area contributed by atoms with E-state index in [9.17, 15) is 13.2 Å². The minimum absolute atomic E-state index is 0.0506. The van der Waals surface area contributed by atoms with Gasteiger partial charge in [-0.05, 0) is 30.3 Å². The topological polar surface area (TPSA) is 81.3 Å². The first-order valence-electron chi connectivity index (χ1n) is 6.25. The summed E-state index contributed by atoms with van der Waals surface area (Å²) in [6.45, 7) is 0. The minimum Gasteiger partial charge on any atom is -0.408 e. The number of nitrogens with zero attached hydrogens (tertiary/aromatic N) is 1. The molecule has 0 bridgehead atoms. The lowest BCUT2D eigenvalue weighted by Gasteiger charge is -2.08. The molecular formula is C14H11ClN2O4S. The number of aromatic nitrogens is 1. The molecule has 0 amide bonds. The number of hydrogen-bond donors (Lipinski definition) is 1. The minimum atomic E-state index is -3.77. The van der Waals surface area contributed by atoms with Crippen LogP contribution in [0.25, 0.3) is 11.1 Å². The van der Waals surface area contributed by atoms with Gasteiger partial charge in [-0.15, -0.1) is 0 Å². The SMILES string of the molecule is Cn1c(=O)oc2cc(NS(=O)(=O)c3cccc(Cl)c3)ccc21. The number of rotatable bonds is 3. The van der Waals surface area contributed by atoms with Crippen LogP contribution in [-0.2, 0) is 17.1 Å². The molecule has 6 nitrogen and oxygen atoms in total. The third kappa shape index (κ3) is 2.60. The van der Waals surface area contributed by atoms with Crippen molar-refractivity contribution in [2.24, 2.45) is 7.05 Å². The highest BCUT2D eigenvalue weighted by Gasteiger charge is 2.15. The first-order valence-corrected chi connectivity index (χ1v) is 8.11. The Morgan fingerprint density at radius 1 is 1.18 bits per heavy atom. The van der Waals surface area contributed by atoms with Gasteiger partial charge in [-0.25, -0.2) is 13.2 Å². The molecule has 3 rings (SSSR count). The second-order valence-electron chi connectivity index (χ2n) is 4.67. The summed E-state index contributed by atoms with van der Waals surface area (Å²) in [5, 5.41) is 0.326. The van der Waals surface area contributed by atoms with Crippen molar-refractivity contribution in [3.05, 3.63) is 58.0 Å². The van der Waals surface area contributed by atoms with Crippen LogP contribution < -0.4 is 10.5 Å². The molecule has 1 heterocycles. The molecule has 0 radical (unpaired) electrons. The van der Waals surface area contributed by atoms with Crippen molar-refractivity contribution < 1.29 is 12.8 Å². The number of hydrogen-bond acceptors (Lipinski definition) is 4. The van der Waals surface area contributed by atoms with E-state index in [0.29, 0.717) is 21.8 Å². The van der Waals surface area contributed by atoms with Crippen LogP contribution in [0.1, 0.15) is 0 Å². The summed E-state index contributed by atoms with van der Waals surface area (Å²) in [6, 6.07) is 10.6. The molecule has 2 aromatic carbocycles. The molecule has 3 aromatic rings. The highest BCUT2D eigenvalue weighted by Crippen LogP contribution is 2.22. The van der Waals surface area contributed by atoms with Crippen LogP contribution in [0, 0.1) is 0 Å². The summed E-state index contributed by atoms with van der Waals surface area (Å²) in [5.74, 6) is -0.509. The van der Waals surface area contributed by atoms with E-state index in [1.165, 1.54) is 22.8 Å². The molecule has 1 aromatic heterocycles. The van der Waals surface area contributed by atoms with Crippen molar-refractivity contribution in [1.82, 2.24) is 4.57 Å². The summed E-state index contributed by atoms with van der Waals surface area (Å²) >= 11 is 5.81. The molecule has 0 atom stereocenters. The zero-order valence-electron chi connectivity index (χ0n) is 11.4. The third-order valence-electron chi connectivity index (χ3n) is 3.15. The number of nitrogens with one attached hydrogen (secondary N) is 1. The van der Waals surface area contributed by atoms with Crippen LogP contribution in [0.15, 0.2) is 56.6 Å². The van der Waals surface area contributed by atoms with Gasteiger partial charge in [-0.1, -0.05) is 17.7 Å². The number of benzene rings is 2. The molecular weight excluding hydrogens is 328 g/mol. The van der Waals surface area contributed by atoms with Gasteiger partial charge in [-0.3, -0.25) is 9.29 Å². The Hall–Kier alpha value is -2.25. The van der Waals surface area contributed by atoms with Crippen molar-refractivity contribution in [2.45, 2.75) is 4.90 Å².